The molecule has 1 aromatic heterocycles. The molecule has 1 N–H and O–H groups in total. The molecule has 3 rings (SSSR count). The van der Waals surface area contributed by atoms with E-state index in [1.54, 1.807) is 24.3 Å². The highest BCUT2D eigenvalue weighted by atomic mass is 32.2. The van der Waals surface area contributed by atoms with E-state index in [0.717, 1.165) is 11.4 Å². The van der Waals surface area contributed by atoms with E-state index < -0.39 is 5.76 Å². The number of carbonyl (C=O) groups excluding carboxylic acids is 1. The standard InChI is InChI=1S/C19H18F2N4OS2/c1-2-25-17(13-8-4-3-5-9-13)23-24-19(25)27-12-16(26)22-14-10-6-7-11-15(14)28-18(20)21/h3-11,18H,2,12H2,1H3,(H,22,26). The van der Waals surface area contributed by atoms with Gasteiger partial charge in [-0.3, -0.25) is 4.79 Å². The number of hydrogen-bond donors (Lipinski definition) is 1. The number of para-hydroxylation sites is 1. The van der Waals surface area contributed by atoms with E-state index in [1.807, 2.05) is 41.8 Å². The van der Waals surface area contributed by atoms with Crippen LogP contribution in [0.5, 0.6) is 0 Å². The van der Waals surface area contributed by atoms with Crippen molar-refractivity contribution in [2.24, 2.45) is 0 Å². The van der Waals surface area contributed by atoms with Gasteiger partial charge in [0.05, 0.1) is 11.4 Å². The van der Waals surface area contributed by atoms with Crippen molar-refractivity contribution >= 4 is 35.1 Å². The summed E-state index contributed by atoms with van der Waals surface area (Å²) >= 11 is 1.66. The molecule has 0 spiro atoms. The third-order valence-corrected chi connectivity index (χ3v) is 5.53. The van der Waals surface area contributed by atoms with Gasteiger partial charge in [-0.25, -0.2) is 0 Å². The predicted octanol–water partition coefficient (Wildman–Crippen LogP) is 5.01. The normalized spacial score (nSPS) is 11.0. The number of nitrogens with one attached hydrogen (secondary N) is 1. The van der Waals surface area contributed by atoms with E-state index in [9.17, 15) is 13.6 Å². The van der Waals surface area contributed by atoms with E-state index >= 15 is 0 Å². The summed E-state index contributed by atoms with van der Waals surface area (Å²) < 4.78 is 27.3. The van der Waals surface area contributed by atoms with Crippen molar-refractivity contribution in [1.82, 2.24) is 14.8 Å². The van der Waals surface area contributed by atoms with Gasteiger partial charge >= 0.3 is 0 Å². The van der Waals surface area contributed by atoms with Crippen LogP contribution >= 0.6 is 23.5 Å². The van der Waals surface area contributed by atoms with Gasteiger partial charge in [-0.1, -0.05) is 66.0 Å². The third kappa shape index (κ3) is 5.11. The molecule has 0 bridgehead atoms. The first-order valence-corrected chi connectivity index (χ1v) is 10.4. The first-order chi connectivity index (χ1) is 13.6. The molecule has 0 aliphatic carbocycles. The average molecular weight is 421 g/mol. The van der Waals surface area contributed by atoms with Gasteiger partial charge in [-0.15, -0.1) is 10.2 Å². The minimum atomic E-state index is -2.55. The van der Waals surface area contributed by atoms with E-state index in [-0.39, 0.29) is 11.7 Å². The summed E-state index contributed by atoms with van der Waals surface area (Å²) in [5.41, 5.74) is 1.33. The van der Waals surface area contributed by atoms with Gasteiger partial charge in [-0.2, -0.15) is 8.78 Å². The van der Waals surface area contributed by atoms with Crippen molar-refractivity contribution in [3.63, 3.8) is 0 Å². The van der Waals surface area contributed by atoms with Crippen LogP contribution in [0.1, 0.15) is 6.92 Å². The number of hydrogen-bond acceptors (Lipinski definition) is 5. The highest BCUT2D eigenvalue weighted by Gasteiger charge is 2.16. The van der Waals surface area contributed by atoms with Crippen LogP contribution in [0.15, 0.2) is 64.6 Å². The second-order valence-corrected chi connectivity index (χ2v) is 7.60. The lowest BCUT2D eigenvalue weighted by atomic mass is 10.2. The second-order valence-electron chi connectivity index (χ2n) is 5.63. The van der Waals surface area contributed by atoms with Crippen LogP contribution in [-0.2, 0) is 11.3 Å². The first kappa shape index (κ1) is 20.3. The van der Waals surface area contributed by atoms with E-state index in [1.165, 1.54) is 11.8 Å². The molecule has 0 saturated heterocycles. The molecule has 146 valence electrons. The summed E-state index contributed by atoms with van der Waals surface area (Å²) in [4.78, 5) is 12.6. The Morgan fingerprint density at radius 1 is 1.11 bits per heavy atom. The minimum Gasteiger partial charge on any atom is -0.324 e. The molecule has 0 fully saturated rings. The highest BCUT2D eigenvalue weighted by Crippen LogP contribution is 2.32. The lowest BCUT2D eigenvalue weighted by Crippen LogP contribution is -2.15. The lowest BCUT2D eigenvalue weighted by Gasteiger charge is -2.10. The SMILES string of the molecule is CCn1c(SCC(=O)Nc2ccccc2SC(F)F)nnc1-c1ccccc1. The molecule has 3 aromatic rings. The largest absolute Gasteiger partial charge is 0.324 e. The fourth-order valence-electron chi connectivity index (χ4n) is 2.57. The molecule has 0 radical (unpaired) electrons. The monoisotopic (exact) mass is 420 g/mol. The van der Waals surface area contributed by atoms with Crippen molar-refractivity contribution < 1.29 is 13.6 Å². The number of thioether (sulfide) groups is 2. The summed E-state index contributed by atoms with van der Waals surface area (Å²) in [6.07, 6.45) is 0. The van der Waals surface area contributed by atoms with Crippen LogP contribution in [0.3, 0.4) is 0 Å². The molecule has 0 unspecified atom stereocenters. The van der Waals surface area contributed by atoms with Crippen molar-refractivity contribution in [1.29, 1.82) is 0 Å². The van der Waals surface area contributed by atoms with Crippen LogP contribution < -0.4 is 5.32 Å². The quantitative estimate of drug-likeness (QED) is 0.519. The number of benzene rings is 2. The van der Waals surface area contributed by atoms with E-state index in [4.69, 9.17) is 0 Å². The Bertz CT molecular complexity index is 935. The maximum absolute atomic E-state index is 12.7. The van der Waals surface area contributed by atoms with Gasteiger partial charge < -0.3 is 9.88 Å². The maximum atomic E-state index is 12.7. The summed E-state index contributed by atoms with van der Waals surface area (Å²) in [5, 5.41) is 11.8. The molecule has 1 amide bonds. The fourth-order valence-corrected chi connectivity index (χ4v) is 3.96. The Hall–Kier alpha value is -2.39. The van der Waals surface area contributed by atoms with Crippen LogP contribution in [0.4, 0.5) is 14.5 Å². The van der Waals surface area contributed by atoms with Gasteiger partial charge in [0.15, 0.2) is 11.0 Å². The van der Waals surface area contributed by atoms with Crippen LogP contribution in [0.25, 0.3) is 11.4 Å². The molecule has 28 heavy (non-hydrogen) atoms. The smallest absolute Gasteiger partial charge is 0.288 e. The number of anilines is 1. The van der Waals surface area contributed by atoms with Gasteiger partial charge in [0, 0.05) is 17.0 Å². The zero-order valence-electron chi connectivity index (χ0n) is 15.0. The first-order valence-electron chi connectivity index (χ1n) is 8.53. The number of alkyl halides is 2. The van der Waals surface area contributed by atoms with Crippen molar-refractivity contribution in [2.45, 2.75) is 29.3 Å². The van der Waals surface area contributed by atoms with Gasteiger partial charge in [0.25, 0.3) is 5.76 Å². The third-order valence-electron chi connectivity index (χ3n) is 3.77. The van der Waals surface area contributed by atoms with Crippen molar-refractivity contribution in [3.05, 3.63) is 54.6 Å². The molecule has 0 aliphatic rings. The summed E-state index contributed by atoms with van der Waals surface area (Å²) in [6, 6.07) is 16.2. The van der Waals surface area contributed by atoms with E-state index in [0.29, 0.717) is 34.0 Å². The minimum absolute atomic E-state index is 0.0978. The number of nitrogens with zero attached hydrogens (tertiary/aromatic N) is 3. The number of rotatable bonds is 8. The molecule has 9 heteroatoms. The lowest BCUT2D eigenvalue weighted by molar-refractivity contribution is -0.113. The molecular formula is C19H18F2N4OS2. The predicted molar refractivity (Wildman–Crippen MR) is 109 cm³/mol. The highest BCUT2D eigenvalue weighted by molar-refractivity contribution is 8.00. The summed E-state index contributed by atoms with van der Waals surface area (Å²) in [7, 11) is 0. The zero-order valence-corrected chi connectivity index (χ0v) is 16.6. The Morgan fingerprint density at radius 2 is 1.82 bits per heavy atom. The summed E-state index contributed by atoms with van der Waals surface area (Å²) in [6.45, 7) is 2.65. The van der Waals surface area contributed by atoms with Crippen LogP contribution in [0.2, 0.25) is 0 Å². The number of carbonyl (C=O) groups is 1. The molecule has 2 aromatic carbocycles. The fraction of sp³-hybridized carbons (Fsp3) is 0.211. The zero-order chi connectivity index (χ0) is 19.9. The number of halogens is 2. The van der Waals surface area contributed by atoms with Gasteiger partial charge in [0.1, 0.15) is 0 Å². The van der Waals surface area contributed by atoms with Crippen molar-refractivity contribution in [3.8, 4) is 11.4 Å². The average Bonchev–Trinajstić information content (AvgIpc) is 3.11. The Kier molecular flexibility index (Phi) is 7.05. The van der Waals surface area contributed by atoms with Crippen LogP contribution in [-0.4, -0.2) is 32.2 Å². The number of aromatic nitrogens is 3. The van der Waals surface area contributed by atoms with Gasteiger partial charge in [0.2, 0.25) is 5.91 Å². The maximum Gasteiger partial charge on any atom is 0.288 e. The van der Waals surface area contributed by atoms with Gasteiger partial charge in [-0.05, 0) is 19.1 Å². The molecule has 0 aliphatic heterocycles. The van der Waals surface area contributed by atoms with E-state index in [2.05, 4.69) is 15.5 Å². The topological polar surface area (TPSA) is 59.8 Å². The molecular weight excluding hydrogens is 402 g/mol. The Morgan fingerprint density at radius 3 is 2.54 bits per heavy atom. The Labute approximate surface area is 169 Å². The molecule has 0 saturated carbocycles. The molecule has 5 nitrogen and oxygen atoms in total. The van der Waals surface area contributed by atoms with Crippen LogP contribution in [0, 0.1) is 0 Å². The molecule has 1 heterocycles. The van der Waals surface area contributed by atoms with Crippen molar-refractivity contribution in [2.75, 3.05) is 11.1 Å². The summed E-state index contributed by atoms with van der Waals surface area (Å²) in [5.74, 6) is -2.00. The second kappa shape index (κ2) is 9.70. The Balaban J connectivity index is 1.67. The molecule has 0 atom stereocenters. The number of amides is 1.